The molecule has 8 aromatic rings. The Morgan fingerprint density at radius 2 is 1.02 bits per heavy atom. The third kappa shape index (κ3) is 5.11. The fourth-order valence-corrected chi connectivity index (χ4v) is 13.4. The lowest BCUT2D eigenvalue weighted by Crippen LogP contribution is -2.48. The van der Waals surface area contributed by atoms with Crippen molar-refractivity contribution in [2.75, 3.05) is 0 Å². The lowest BCUT2D eigenvalue weighted by molar-refractivity contribution is -0.0612. The predicted molar refractivity (Wildman–Crippen MR) is 245 cm³/mol. The zero-order valence-corrected chi connectivity index (χ0v) is 34.3. The Hall–Kier alpha value is -6.19. The van der Waals surface area contributed by atoms with Crippen molar-refractivity contribution in [1.29, 1.82) is 0 Å². The highest BCUT2D eigenvalue weighted by Crippen LogP contribution is 2.69. The highest BCUT2D eigenvalue weighted by atomic mass is 15.0. The van der Waals surface area contributed by atoms with Crippen LogP contribution < -0.4 is 0 Å². The minimum atomic E-state index is -0.0570. The number of hydrogen-bond donors (Lipinski definition) is 0. The molecule has 60 heavy (non-hydrogen) atoms. The maximum absolute atomic E-state index is 5.19. The van der Waals surface area contributed by atoms with Crippen LogP contribution in [0.5, 0.6) is 0 Å². The molecule has 7 aromatic carbocycles. The number of hydrogen-bond acceptors (Lipinski definition) is 3. The smallest absolute Gasteiger partial charge is 0.164 e. The largest absolute Gasteiger partial charge is 0.208 e. The van der Waals surface area contributed by atoms with Gasteiger partial charge in [-0.2, -0.15) is 0 Å². The summed E-state index contributed by atoms with van der Waals surface area (Å²) in [5.41, 5.74) is 17.1. The van der Waals surface area contributed by atoms with Crippen LogP contribution in [0.25, 0.3) is 78.3 Å². The fraction of sp³-hybridized carbons (Fsp3) is 0.246. The Morgan fingerprint density at radius 1 is 0.433 bits per heavy atom. The maximum Gasteiger partial charge on any atom is 0.164 e. The summed E-state index contributed by atoms with van der Waals surface area (Å²) < 4.78 is 0. The standard InChI is InChI=1S/C57H47N3/c1-56(2)49-15-9-8-14-44(49)47-30-42(22-25-50(47)56)55-59-53(39-11-4-3-5-12-39)58-54(60-55)40-18-16-37(17-19-40)41-21-23-45-48(29-41)52(46-24-20-38-10-6-7-13-43(38)51(45)46)57-31-34-26-35(32-57)28-36(27-34)33-57/h3-25,29-30,34-36,52H,26-28,31-33H2,1-2H3. The molecule has 6 aliphatic rings. The third-order valence-electron chi connectivity index (χ3n) is 15.6. The Labute approximate surface area is 352 Å². The van der Waals surface area contributed by atoms with Gasteiger partial charge in [0.1, 0.15) is 0 Å². The summed E-state index contributed by atoms with van der Waals surface area (Å²) in [6.45, 7) is 4.64. The molecular weight excluding hydrogens is 727 g/mol. The summed E-state index contributed by atoms with van der Waals surface area (Å²) in [5.74, 6) is 5.24. The maximum atomic E-state index is 5.19. The molecule has 6 aliphatic carbocycles. The van der Waals surface area contributed by atoms with Crippen LogP contribution in [-0.4, -0.2) is 15.0 Å². The van der Waals surface area contributed by atoms with E-state index >= 15 is 0 Å². The van der Waals surface area contributed by atoms with Crippen molar-refractivity contribution in [2.24, 2.45) is 23.2 Å². The van der Waals surface area contributed by atoms with Gasteiger partial charge in [-0.3, -0.25) is 0 Å². The van der Waals surface area contributed by atoms with Crippen molar-refractivity contribution in [3.05, 3.63) is 174 Å². The monoisotopic (exact) mass is 773 g/mol. The zero-order valence-electron chi connectivity index (χ0n) is 34.3. The van der Waals surface area contributed by atoms with E-state index in [-0.39, 0.29) is 5.41 Å². The van der Waals surface area contributed by atoms with Crippen LogP contribution in [-0.2, 0) is 5.41 Å². The molecule has 0 N–H and O–H groups in total. The van der Waals surface area contributed by atoms with Gasteiger partial charge in [-0.25, -0.2) is 15.0 Å². The molecule has 3 heteroatoms. The van der Waals surface area contributed by atoms with Crippen LogP contribution in [0.1, 0.15) is 80.5 Å². The Bertz CT molecular complexity index is 3010. The minimum Gasteiger partial charge on any atom is -0.208 e. The third-order valence-corrected chi connectivity index (χ3v) is 15.6. The summed E-state index contributed by atoms with van der Waals surface area (Å²) in [6, 6.07) is 56.1. The quantitative estimate of drug-likeness (QED) is 0.175. The first-order valence-electron chi connectivity index (χ1n) is 22.2. The fourth-order valence-electron chi connectivity index (χ4n) is 13.4. The molecule has 4 bridgehead atoms. The Balaban J connectivity index is 0.901. The van der Waals surface area contributed by atoms with Crippen molar-refractivity contribution >= 4 is 10.8 Å². The predicted octanol–water partition coefficient (Wildman–Crippen LogP) is 14.3. The summed E-state index contributed by atoms with van der Waals surface area (Å²) >= 11 is 0. The van der Waals surface area contributed by atoms with Crippen molar-refractivity contribution < 1.29 is 0 Å². The molecule has 3 nitrogen and oxygen atoms in total. The van der Waals surface area contributed by atoms with Crippen molar-refractivity contribution in [1.82, 2.24) is 15.0 Å². The highest BCUT2D eigenvalue weighted by Gasteiger charge is 2.56. The van der Waals surface area contributed by atoms with Crippen molar-refractivity contribution in [2.45, 2.75) is 63.7 Å². The molecule has 1 aromatic heterocycles. The molecule has 0 radical (unpaired) electrons. The van der Waals surface area contributed by atoms with E-state index < -0.39 is 0 Å². The SMILES string of the molecule is CC1(C)c2ccccc2-c2cc(-c3nc(-c4ccccc4)nc(-c4ccc(-c5ccc6c(c5)C(C57CC8CC(CC(C8)C5)C7)c5ccc7ccccc7c5-6)cc4)n3)ccc21. The molecule has 0 aliphatic heterocycles. The van der Waals surface area contributed by atoms with Crippen molar-refractivity contribution in [3.63, 3.8) is 0 Å². The van der Waals surface area contributed by atoms with Gasteiger partial charge in [0.2, 0.25) is 0 Å². The summed E-state index contributed by atoms with van der Waals surface area (Å²) in [6.07, 6.45) is 8.57. The molecule has 0 saturated heterocycles. The molecule has 1 atom stereocenters. The molecule has 0 spiro atoms. The number of nitrogens with zero attached hydrogens (tertiary/aromatic N) is 3. The number of aromatic nitrogens is 3. The molecule has 290 valence electrons. The minimum absolute atomic E-state index is 0.0570. The zero-order chi connectivity index (χ0) is 39.7. The average molecular weight is 774 g/mol. The molecule has 4 fully saturated rings. The molecule has 0 amide bonds. The van der Waals surface area contributed by atoms with Crippen LogP contribution in [0.4, 0.5) is 0 Å². The van der Waals surface area contributed by atoms with Crippen LogP contribution >= 0.6 is 0 Å². The van der Waals surface area contributed by atoms with E-state index in [1.54, 1.807) is 11.1 Å². The molecule has 1 unspecified atom stereocenters. The summed E-state index contributed by atoms with van der Waals surface area (Å²) in [5, 5.41) is 2.75. The second-order valence-electron chi connectivity index (χ2n) is 19.4. The van der Waals surface area contributed by atoms with Crippen LogP contribution in [0, 0.1) is 23.2 Å². The van der Waals surface area contributed by atoms with Crippen molar-refractivity contribution in [3.8, 4) is 67.5 Å². The van der Waals surface area contributed by atoms with Gasteiger partial charge in [-0.1, -0.05) is 153 Å². The Morgan fingerprint density at radius 3 is 1.77 bits per heavy atom. The van der Waals surface area contributed by atoms with Gasteiger partial charge in [-0.05, 0) is 140 Å². The second-order valence-corrected chi connectivity index (χ2v) is 19.4. The van der Waals surface area contributed by atoms with E-state index in [1.807, 2.05) is 18.2 Å². The molecule has 4 saturated carbocycles. The van der Waals surface area contributed by atoms with Gasteiger partial charge >= 0.3 is 0 Å². The van der Waals surface area contributed by atoms with Crippen LogP contribution in [0.2, 0.25) is 0 Å². The number of benzene rings is 7. The first-order valence-corrected chi connectivity index (χ1v) is 22.2. The average Bonchev–Trinajstić information content (AvgIpc) is 3.75. The van der Waals surface area contributed by atoms with E-state index in [0.717, 1.165) is 34.4 Å². The first kappa shape index (κ1) is 34.7. The van der Waals surface area contributed by atoms with Gasteiger partial charge in [0.15, 0.2) is 17.5 Å². The summed E-state index contributed by atoms with van der Waals surface area (Å²) in [7, 11) is 0. The van der Waals surface area contributed by atoms with E-state index in [9.17, 15) is 0 Å². The molecule has 1 heterocycles. The molecule has 14 rings (SSSR count). The molecular formula is C57H47N3. The van der Waals surface area contributed by atoms with E-state index in [0.29, 0.717) is 28.8 Å². The highest BCUT2D eigenvalue weighted by molar-refractivity contribution is 6.02. The van der Waals surface area contributed by atoms with Gasteiger partial charge in [-0.15, -0.1) is 0 Å². The second kappa shape index (κ2) is 12.7. The Kier molecular flexibility index (Phi) is 7.31. The lowest BCUT2D eigenvalue weighted by Gasteiger charge is -2.59. The first-order chi connectivity index (χ1) is 29.4. The van der Waals surface area contributed by atoms with Gasteiger partial charge in [0, 0.05) is 28.0 Å². The van der Waals surface area contributed by atoms with Gasteiger partial charge < -0.3 is 0 Å². The van der Waals surface area contributed by atoms with E-state index in [2.05, 4.69) is 147 Å². The van der Waals surface area contributed by atoms with Crippen LogP contribution in [0.3, 0.4) is 0 Å². The van der Waals surface area contributed by atoms with Crippen LogP contribution in [0.15, 0.2) is 152 Å². The van der Waals surface area contributed by atoms with Gasteiger partial charge in [0.25, 0.3) is 0 Å². The summed E-state index contributed by atoms with van der Waals surface area (Å²) in [4.78, 5) is 15.4. The number of rotatable bonds is 5. The topological polar surface area (TPSA) is 38.7 Å². The normalized spacial score (nSPS) is 23.6. The lowest BCUT2D eigenvalue weighted by atomic mass is 9.45. The van der Waals surface area contributed by atoms with E-state index in [4.69, 9.17) is 15.0 Å². The number of fused-ring (bicyclic) bond motifs is 8. The van der Waals surface area contributed by atoms with Gasteiger partial charge in [0.05, 0.1) is 0 Å². The van der Waals surface area contributed by atoms with E-state index in [1.165, 1.54) is 93.8 Å².